The maximum Gasteiger partial charge on any atom is 0 e. The SMILES string of the molecule is CC.Nc1c[c-]ccc1.Nc1c[c-]ccc1.[CH3-].[Y].[Y].c1ccccc1. The van der Waals surface area contributed by atoms with E-state index in [4.69, 9.17) is 11.5 Å². The number of benzene rings is 3. The summed E-state index contributed by atoms with van der Waals surface area (Å²) in [5.74, 6) is 0. The summed E-state index contributed by atoms with van der Waals surface area (Å²) in [6.07, 6.45) is 0. The van der Waals surface area contributed by atoms with Crippen molar-refractivity contribution in [2.45, 2.75) is 13.8 Å². The third kappa shape index (κ3) is 23.5. The van der Waals surface area contributed by atoms with Gasteiger partial charge in [0.05, 0.1) is 0 Å². The normalized spacial score (nSPS) is 6.96. The van der Waals surface area contributed by atoms with Gasteiger partial charge in [-0.3, -0.25) is 0 Å². The maximum atomic E-state index is 5.33. The Morgan fingerprint density at radius 2 is 0.880 bits per heavy atom. The minimum atomic E-state index is 0. The Morgan fingerprint density at radius 1 is 0.600 bits per heavy atom. The van der Waals surface area contributed by atoms with E-state index in [2.05, 4.69) is 12.1 Å². The molecule has 0 saturated heterocycles. The van der Waals surface area contributed by atoms with E-state index in [1.165, 1.54) is 0 Å². The summed E-state index contributed by atoms with van der Waals surface area (Å²) in [4.78, 5) is 0. The first kappa shape index (κ1) is 32.2. The zero-order chi connectivity index (χ0) is 16.5. The molecule has 3 rings (SSSR count). The van der Waals surface area contributed by atoms with E-state index in [-0.39, 0.29) is 72.8 Å². The Morgan fingerprint density at radius 3 is 1.00 bits per heavy atom. The molecule has 25 heavy (non-hydrogen) atoms. The van der Waals surface area contributed by atoms with Crippen LogP contribution in [-0.4, -0.2) is 0 Å². The van der Waals surface area contributed by atoms with E-state index in [0.717, 1.165) is 11.4 Å². The number of hydrogen-bond acceptors (Lipinski definition) is 2. The molecule has 0 bridgehead atoms. The molecule has 4 heteroatoms. The van der Waals surface area contributed by atoms with Gasteiger partial charge in [0.1, 0.15) is 0 Å². The van der Waals surface area contributed by atoms with Crippen molar-refractivity contribution < 1.29 is 65.4 Å². The number of nitrogens with two attached hydrogens (primary N) is 2. The van der Waals surface area contributed by atoms with Crippen LogP contribution in [0.3, 0.4) is 0 Å². The number of nitrogen functional groups attached to an aromatic ring is 2. The van der Waals surface area contributed by atoms with Gasteiger partial charge in [-0.15, -0.1) is 0 Å². The molecule has 0 atom stereocenters. The van der Waals surface area contributed by atoms with Crippen molar-refractivity contribution in [3.63, 3.8) is 0 Å². The smallest absolute Gasteiger partial charge is 0 e. The van der Waals surface area contributed by atoms with Crippen molar-refractivity contribution in [2.24, 2.45) is 0 Å². The third-order valence-electron chi connectivity index (χ3n) is 2.13. The molecule has 130 valence electrons. The number of hydrogen-bond donors (Lipinski definition) is 2. The number of rotatable bonds is 0. The van der Waals surface area contributed by atoms with Gasteiger partial charge >= 0.3 is 0 Å². The average Bonchev–Trinajstić information content (AvgIpc) is 2.61. The average molecular weight is 485 g/mol. The molecule has 3 aromatic rings. The molecule has 0 amide bonds. The summed E-state index contributed by atoms with van der Waals surface area (Å²) in [5, 5.41) is 0. The second kappa shape index (κ2) is 25.7. The second-order valence-electron chi connectivity index (χ2n) is 3.83. The molecule has 0 aliphatic heterocycles. The van der Waals surface area contributed by atoms with Crippen molar-refractivity contribution in [3.05, 3.63) is 104 Å². The molecule has 0 fully saturated rings. The fourth-order valence-electron chi connectivity index (χ4n) is 1.20. The van der Waals surface area contributed by atoms with Crippen LogP contribution in [-0.2, 0) is 65.4 Å². The van der Waals surface area contributed by atoms with E-state index in [9.17, 15) is 0 Å². The minimum absolute atomic E-state index is 0. The topological polar surface area (TPSA) is 52.0 Å². The maximum absolute atomic E-state index is 5.33. The molecular formula is C21H27N2Y2-3. The molecule has 2 radical (unpaired) electrons. The second-order valence-corrected chi connectivity index (χ2v) is 3.83. The molecular weight excluding hydrogens is 458 g/mol. The summed E-state index contributed by atoms with van der Waals surface area (Å²) in [7, 11) is 0. The summed E-state index contributed by atoms with van der Waals surface area (Å²) >= 11 is 0. The van der Waals surface area contributed by atoms with Crippen LogP contribution in [0, 0.1) is 19.6 Å². The van der Waals surface area contributed by atoms with Gasteiger partial charge in [0.15, 0.2) is 0 Å². The molecule has 0 aliphatic rings. The van der Waals surface area contributed by atoms with Gasteiger partial charge in [-0.05, 0) is 0 Å². The zero-order valence-corrected chi connectivity index (χ0v) is 21.1. The van der Waals surface area contributed by atoms with Crippen LogP contribution < -0.4 is 11.5 Å². The molecule has 0 heterocycles. The third-order valence-corrected chi connectivity index (χ3v) is 2.13. The number of anilines is 2. The Labute approximate surface area is 204 Å². The first-order valence-corrected chi connectivity index (χ1v) is 7.22. The first-order valence-electron chi connectivity index (χ1n) is 7.22. The predicted octanol–water partition coefficient (Wildman–Crippen LogP) is 5.30. The fourth-order valence-corrected chi connectivity index (χ4v) is 1.20. The molecule has 0 aliphatic carbocycles. The molecule has 2 nitrogen and oxygen atoms in total. The van der Waals surface area contributed by atoms with Crippen molar-refractivity contribution in [1.29, 1.82) is 0 Å². The standard InChI is InChI=1S/2C6H6N.C6H6.C2H6.CH3.2Y/c2*7-6-4-2-1-3-5-6;1-2-4-6-5-3-1;1-2;;;/h2*1-2,4-5H,7H2;1-6H;1-2H3;1H3;;/q2*-1;;;-1;;. The van der Waals surface area contributed by atoms with Gasteiger partial charge in [0.2, 0.25) is 0 Å². The molecule has 0 saturated carbocycles. The summed E-state index contributed by atoms with van der Waals surface area (Å²) < 4.78 is 0. The quantitative estimate of drug-likeness (QED) is 0.336. The Kier molecular flexibility index (Phi) is 33.1. The van der Waals surface area contributed by atoms with E-state index >= 15 is 0 Å². The van der Waals surface area contributed by atoms with Crippen molar-refractivity contribution in [2.75, 3.05) is 11.5 Å². The largest absolute Gasteiger partial charge is 0.449 e. The zero-order valence-electron chi connectivity index (χ0n) is 15.4. The monoisotopic (exact) mass is 485 g/mol. The molecule has 3 aromatic carbocycles. The molecule has 0 aromatic heterocycles. The first-order chi connectivity index (χ1) is 10.8. The Bertz CT molecular complexity index is 483. The molecule has 0 spiro atoms. The Hall–Kier alpha value is -0.532. The summed E-state index contributed by atoms with van der Waals surface area (Å²) in [6.45, 7) is 4.00. The van der Waals surface area contributed by atoms with Gasteiger partial charge < -0.3 is 18.9 Å². The van der Waals surface area contributed by atoms with Crippen LogP contribution in [0.4, 0.5) is 11.4 Å². The van der Waals surface area contributed by atoms with E-state index in [0.29, 0.717) is 0 Å². The van der Waals surface area contributed by atoms with Crippen molar-refractivity contribution >= 4 is 11.4 Å². The molecule has 0 unspecified atom stereocenters. The van der Waals surface area contributed by atoms with Gasteiger partial charge in [-0.2, -0.15) is 60.7 Å². The van der Waals surface area contributed by atoms with E-state index in [1.54, 1.807) is 12.1 Å². The van der Waals surface area contributed by atoms with Crippen molar-refractivity contribution in [3.8, 4) is 0 Å². The van der Waals surface area contributed by atoms with Crippen LogP contribution in [0.25, 0.3) is 0 Å². The van der Waals surface area contributed by atoms with Gasteiger partial charge in [-0.1, -0.05) is 61.6 Å². The predicted molar refractivity (Wildman–Crippen MR) is 104 cm³/mol. The summed E-state index contributed by atoms with van der Waals surface area (Å²) in [5.41, 5.74) is 12.2. The Balaban J connectivity index is -0.000000119. The summed E-state index contributed by atoms with van der Waals surface area (Å²) in [6, 6.07) is 32.1. The van der Waals surface area contributed by atoms with Crippen LogP contribution in [0.15, 0.2) is 84.9 Å². The van der Waals surface area contributed by atoms with Crippen LogP contribution in [0.2, 0.25) is 0 Å². The van der Waals surface area contributed by atoms with Crippen LogP contribution in [0.1, 0.15) is 13.8 Å². The van der Waals surface area contributed by atoms with Gasteiger partial charge in [0.25, 0.3) is 0 Å². The minimum Gasteiger partial charge on any atom is -0.449 e. The van der Waals surface area contributed by atoms with E-state index < -0.39 is 0 Å². The van der Waals surface area contributed by atoms with Crippen LogP contribution in [0.5, 0.6) is 0 Å². The fraction of sp³-hybridized carbons (Fsp3) is 0.0952. The van der Waals surface area contributed by atoms with Gasteiger partial charge in [0, 0.05) is 65.4 Å². The van der Waals surface area contributed by atoms with Gasteiger partial charge in [-0.25, -0.2) is 0 Å². The van der Waals surface area contributed by atoms with Crippen molar-refractivity contribution in [1.82, 2.24) is 0 Å². The molecule has 4 N–H and O–H groups in total. The van der Waals surface area contributed by atoms with E-state index in [1.807, 2.05) is 86.6 Å². The van der Waals surface area contributed by atoms with Crippen LogP contribution >= 0.6 is 0 Å².